The number of hydrogen-bond donors (Lipinski definition) is 1. The lowest BCUT2D eigenvalue weighted by Crippen LogP contribution is -2.32. The summed E-state index contributed by atoms with van der Waals surface area (Å²) in [6.45, 7) is 4.68. The molecule has 1 aromatic heterocycles. The molecule has 0 spiro atoms. The number of hydrogen-bond acceptors (Lipinski definition) is 3. The molecule has 3 heteroatoms. The van der Waals surface area contributed by atoms with E-state index in [-0.39, 0.29) is 0 Å². The topological polar surface area (TPSA) is 28.4 Å². The molecule has 1 aromatic rings. The molecule has 2 heterocycles. The first-order valence-corrected chi connectivity index (χ1v) is 7.39. The van der Waals surface area contributed by atoms with Gasteiger partial charge in [0.15, 0.2) is 0 Å². The molecule has 1 saturated carbocycles. The number of piperidine rings is 1. The summed E-state index contributed by atoms with van der Waals surface area (Å²) >= 11 is 0. The van der Waals surface area contributed by atoms with Crippen LogP contribution in [-0.2, 0) is 6.54 Å². The fourth-order valence-electron chi connectivity index (χ4n) is 2.95. The standard InChI is InChI=1S/C15H24N2O/c1-2-15(18-11-1)12-17(14-3-4-14)10-7-13-5-8-16-9-6-13/h1-2,11,13-14,16H,3-10,12H2. The maximum Gasteiger partial charge on any atom is 0.117 e. The van der Waals surface area contributed by atoms with Crippen LogP contribution in [0.15, 0.2) is 22.8 Å². The lowest BCUT2D eigenvalue weighted by atomic mass is 9.94. The Hall–Kier alpha value is -0.800. The highest BCUT2D eigenvalue weighted by Crippen LogP contribution is 2.29. The Kier molecular flexibility index (Phi) is 4.01. The van der Waals surface area contributed by atoms with Crippen LogP contribution >= 0.6 is 0 Å². The van der Waals surface area contributed by atoms with E-state index >= 15 is 0 Å². The van der Waals surface area contributed by atoms with Crippen molar-refractivity contribution in [3.8, 4) is 0 Å². The van der Waals surface area contributed by atoms with Gasteiger partial charge in [0.1, 0.15) is 5.76 Å². The van der Waals surface area contributed by atoms with E-state index in [1.54, 1.807) is 6.26 Å². The van der Waals surface area contributed by atoms with Crippen molar-refractivity contribution in [2.24, 2.45) is 5.92 Å². The van der Waals surface area contributed by atoms with E-state index in [0.717, 1.165) is 24.3 Å². The summed E-state index contributed by atoms with van der Waals surface area (Å²) in [4.78, 5) is 2.63. The number of nitrogens with one attached hydrogen (secondary N) is 1. The van der Waals surface area contributed by atoms with Crippen molar-refractivity contribution in [3.63, 3.8) is 0 Å². The van der Waals surface area contributed by atoms with Gasteiger partial charge in [0, 0.05) is 6.04 Å². The molecule has 3 rings (SSSR count). The van der Waals surface area contributed by atoms with Crippen LogP contribution in [0.3, 0.4) is 0 Å². The van der Waals surface area contributed by atoms with Crippen molar-refractivity contribution in [1.82, 2.24) is 10.2 Å². The fourth-order valence-corrected chi connectivity index (χ4v) is 2.95. The van der Waals surface area contributed by atoms with Crippen molar-refractivity contribution in [2.45, 2.75) is 44.7 Å². The number of nitrogens with zero attached hydrogens (tertiary/aromatic N) is 1. The average molecular weight is 248 g/mol. The maximum atomic E-state index is 5.48. The molecule has 0 amide bonds. The zero-order valence-corrected chi connectivity index (χ0v) is 11.1. The van der Waals surface area contributed by atoms with Crippen LogP contribution in [0.5, 0.6) is 0 Å². The summed E-state index contributed by atoms with van der Waals surface area (Å²) in [5, 5.41) is 3.45. The second-order valence-electron chi connectivity index (χ2n) is 5.76. The van der Waals surface area contributed by atoms with Crippen LogP contribution in [-0.4, -0.2) is 30.6 Å². The van der Waals surface area contributed by atoms with Crippen LogP contribution in [0.2, 0.25) is 0 Å². The van der Waals surface area contributed by atoms with Gasteiger partial charge in [0.25, 0.3) is 0 Å². The van der Waals surface area contributed by atoms with Gasteiger partial charge in [-0.1, -0.05) is 0 Å². The summed E-state index contributed by atoms with van der Waals surface area (Å²) in [5.41, 5.74) is 0. The average Bonchev–Trinajstić information content (AvgIpc) is 3.13. The van der Waals surface area contributed by atoms with E-state index in [4.69, 9.17) is 4.42 Å². The minimum Gasteiger partial charge on any atom is -0.468 e. The molecule has 0 unspecified atom stereocenters. The lowest BCUT2D eigenvalue weighted by molar-refractivity contribution is 0.205. The van der Waals surface area contributed by atoms with E-state index in [1.807, 2.05) is 6.07 Å². The van der Waals surface area contributed by atoms with Crippen molar-refractivity contribution in [2.75, 3.05) is 19.6 Å². The van der Waals surface area contributed by atoms with Crippen molar-refractivity contribution >= 4 is 0 Å². The largest absolute Gasteiger partial charge is 0.468 e. The molecule has 2 fully saturated rings. The Morgan fingerprint density at radius 1 is 1.22 bits per heavy atom. The van der Waals surface area contributed by atoms with Gasteiger partial charge in [-0.15, -0.1) is 0 Å². The summed E-state index contributed by atoms with van der Waals surface area (Å²) in [6.07, 6.45) is 8.63. The van der Waals surface area contributed by atoms with Crippen LogP contribution in [0.25, 0.3) is 0 Å². The van der Waals surface area contributed by atoms with Crippen LogP contribution < -0.4 is 5.32 Å². The highest BCUT2D eigenvalue weighted by Gasteiger charge is 2.29. The van der Waals surface area contributed by atoms with Gasteiger partial charge >= 0.3 is 0 Å². The third-order valence-electron chi connectivity index (χ3n) is 4.29. The van der Waals surface area contributed by atoms with E-state index in [1.165, 1.54) is 51.7 Å². The molecule has 1 saturated heterocycles. The Morgan fingerprint density at radius 2 is 2.06 bits per heavy atom. The molecule has 100 valence electrons. The van der Waals surface area contributed by atoms with Gasteiger partial charge in [0.05, 0.1) is 12.8 Å². The molecule has 0 radical (unpaired) electrons. The molecule has 0 aromatic carbocycles. The minimum atomic E-state index is 0.830. The van der Waals surface area contributed by atoms with Crippen LogP contribution in [0, 0.1) is 5.92 Å². The minimum absolute atomic E-state index is 0.830. The summed E-state index contributed by atoms with van der Waals surface area (Å²) < 4.78 is 5.48. The first kappa shape index (κ1) is 12.2. The summed E-state index contributed by atoms with van der Waals surface area (Å²) in [6, 6.07) is 4.92. The van der Waals surface area contributed by atoms with E-state index < -0.39 is 0 Å². The van der Waals surface area contributed by atoms with Crippen LogP contribution in [0.4, 0.5) is 0 Å². The van der Waals surface area contributed by atoms with Crippen molar-refractivity contribution in [1.29, 1.82) is 0 Å². The first-order valence-electron chi connectivity index (χ1n) is 7.39. The molecule has 1 aliphatic heterocycles. The monoisotopic (exact) mass is 248 g/mol. The smallest absolute Gasteiger partial charge is 0.117 e. The van der Waals surface area contributed by atoms with Gasteiger partial charge in [-0.3, -0.25) is 4.90 Å². The highest BCUT2D eigenvalue weighted by atomic mass is 16.3. The Labute approximate surface area is 110 Å². The van der Waals surface area contributed by atoms with Gasteiger partial charge in [-0.25, -0.2) is 0 Å². The van der Waals surface area contributed by atoms with Crippen LogP contribution in [0.1, 0.15) is 37.9 Å². The number of furan rings is 1. The molecule has 1 N–H and O–H groups in total. The Balaban J connectivity index is 1.47. The SMILES string of the molecule is c1coc(CN(CCC2CCNCC2)C2CC2)c1. The first-order chi connectivity index (χ1) is 8.92. The molecule has 18 heavy (non-hydrogen) atoms. The maximum absolute atomic E-state index is 5.48. The zero-order chi connectivity index (χ0) is 12.2. The second-order valence-corrected chi connectivity index (χ2v) is 5.76. The van der Waals surface area contributed by atoms with Crippen molar-refractivity contribution in [3.05, 3.63) is 24.2 Å². The predicted molar refractivity (Wildman–Crippen MR) is 72.4 cm³/mol. The molecule has 2 aliphatic rings. The van der Waals surface area contributed by atoms with Crippen molar-refractivity contribution < 1.29 is 4.42 Å². The Morgan fingerprint density at radius 3 is 2.72 bits per heavy atom. The van der Waals surface area contributed by atoms with Gasteiger partial charge in [-0.2, -0.15) is 0 Å². The summed E-state index contributed by atoms with van der Waals surface area (Å²) in [5.74, 6) is 2.05. The van der Waals surface area contributed by atoms with Gasteiger partial charge in [0.2, 0.25) is 0 Å². The molecule has 0 atom stereocenters. The van der Waals surface area contributed by atoms with E-state index in [2.05, 4.69) is 16.3 Å². The van der Waals surface area contributed by atoms with E-state index in [0.29, 0.717) is 0 Å². The fraction of sp³-hybridized carbons (Fsp3) is 0.733. The normalized spacial score (nSPS) is 21.6. The predicted octanol–water partition coefficient (Wildman–Crippen LogP) is 2.63. The van der Waals surface area contributed by atoms with Gasteiger partial charge in [-0.05, 0) is 69.8 Å². The zero-order valence-electron chi connectivity index (χ0n) is 11.1. The molecular weight excluding hydrogens is 224 g/mol. The molecule has 3 nitrogen and oxygen atoms in total. The Bertz CT molecular complexity index is 339. The quantitative estimate of drug-likeness (QED) is 0.839. The lowest BCUT2D eigenvalue weighted by Gasteiger charge is -2.27. The molecule has 0 bridgehead atoms. The molecular formula is C15H24N2O. The molecule has 1 aliphatic carbocycles. The number of rotatable bonds is 6. The second kappa shape index (κ2) is 5.89. The summed E-state index contributed by atoms with van der Waals surface area (Å²) in [7, 11) is 0. The highest BCUT2D eigenvalue weighted by molar-refractivity contribution is 4.99. The van der Waals surface area contributed by atoms with E-state index in [9.17, 15) is 0 Å². The third-order valence-corrected chi connectivity index (χ3v) is 4.29. The third kappa shape index (κ3) is 3.36. The van der Waals surface area contributed by atoms with Gasteiger partial charge < -0.3 is 9.73 Å².